The van der Waals surface area contributed by atoms with E-state index in [1.807, 2.05) is 14.0 Å². The monoisotopic (exact) mass is 567 g/mol. The minimum absolute atomic E-state index is 0. The number of nitrogens with zero attached hydrogens (tertiary/aromatic N) is 3. The zero-order valence-corrected chi connectivity index (χ0v) is 21.7. The van der Waals surface area contributed by atoms with E-state index in [0.29, 0.717) is 18.3 Å². The lowest BCUT2D eigenvalue weighted by Crippen LogP contribution is -2.50. The number of aliphatic imine (C=N–C) groups is 1. The number of furan rings is 1. The maximum absolute atomic E-state index is 12.1. The number of fused-ring (bicyclic) bond motifs is 1. The Bertz CT molecular complexity index is 920. The largest absolute Gasteiger partial charge is 0.459 e. The average Bonchev–Trinajstić information content (AvgIpc) is 3.43. The number of benzene rings is 1. The number of carbonyl (C=O) groups excluding carboxylic acids is 1. The summed E-state index contributed by atoms with van der Waals surface area (Å²) in [4.78, 5) is 21.4. The molecule has 1 aromatic carbocycles. The molecule has 0 saturated carbocycles. The Morgan fingerprint density at radius 3 is 2.67 bits per heavy atom. The topological polar surface area (TPSA) is 82.3 Å². The van der Waals surface area contributed by atoms with Gasteiger partial charge < -0.3 is 24.7 Å². The predicted octanol–water partition coefficient (Wildman–Crippen LogP) is 2.49. The van der Waals surface area contributed by atoms with Crippen LogP contribution in [-0.2, 0) is 11.3 Å². The number of aryl methyl sites for hydroxylation is 1. The Labute approximate surface area is 212 Å². The maximum Gasteiger partial charge on any atom is 0.287 e. The van der Waals surface area contributed by atoms with E-state index in [-0.39, 0.29) is 36.0 Å². The summed E-state index contributed by atoms with van der Waals surface area (Å²) < 4.78 is 11.3. The van der Waals surface area contributed by atoms with Crippen molar-refractivity contribution in [2.45, 2.75) is 32.0 Å². The summed E-state index contributed by atoms with van der Waals surface area (Å²) in [5.74, 6) is 1.10. The van der Waals surface area contributed by atoms with Crippen LogP contribution in [0.25, 0.3) is 0 Å². The highest BCUT2D eigenvalue weighted by atomic mass is 127. The van der Waals surface area contributed by atoms with Gasteiger partial charge in [-0.15, -0.1) is 24.0 Å². The Morgan fingerprint density at radius 1 is 1.15 bits per heavy atom. The van der Waals surface area contributed by atoms with E-state index >= 15 is 0 Å². The van der Waals surface area contributed by atoms with Gasteiger partial charge in [-0.2, -0.15) is 0 Å². The van der Waals surface area contributed by atoms with Crippen LogP contribution in [0.1, 0.15) is 28.1 Å². The summed E-state index contributed by atoms with van der Waals surface area (Å²) in [5.41, 5.74) is 2.18. The van der Waals surface area contributed by atoms with Gasteiger partial charge in [0, 0.05) is 51.9 Å². The van der Waals surface area contributed by atoms with Crippen LogP contribution in [0.3, 0.4) is 0 Å². The number of ether oxygens (including phenoxy) is 1. The molecule has 2 fully saturated rings. The highest BCUT2D eigenvalue weighted by Gasteiger charge is 2.41. The molecule has 2 aliphatic heterocycles. The van der Waals surface area contributed by atoms with E-state index in [4.69, 9.17) is 9.15 Å². The third-order valence-corrected chi connectivity index (χ3v) is 6.15. The molecule has 2 aliphatic rings. The second-order valence-electron chi connectivity index (χ2n) is 8.35. The minimum Gasteiger partial charge on any atom is -0.459 e. The molecule has 2 atom stereocenters. The molecule has 2 aromatic rings. The number of amides is 1. The molecule has 2 N–H and O–H groups in total. The predicted molar refractivity (Wildman–Crippen MR) is 139 cm³/mol. The summed E-state index contributed by atoms with van der Waals surface area (Å²) >= 11 is 0. The zero-order valence-electron chi connectivity index (χ0n) is 19.3. The third kappa shape index (κ3) is 6.48. The Hall–Kier alpha value is -2.11. The molecule has 180 valence electrons. The van der Waals surface area contributed by atoms with Crippen molar-refractivity contribution in [3.63, 3.8) is 0 Å². The molecule has 2 unspecified atom stereocenters. The first-order valence-electron chi connectivity index (χ1n) is 11.3. The van der Waals surface area contributed by atoms with Gasteiger partial charge in [-0.05, 0) is 25.0 Å². The van der Waals surface area contributed by atoms with E-state index in [1.54, 1.807) is 6.07 Å². The number of guanidine groups is 1. The summed E-state index contributed by atoms with van der Waals surface area (Å²) in [5, 5.41) is 6.34. The molecule has 2 saturated heterocycles. The number of hydrogen-bond donors (Lipinski definition) is 2. The van der Waals surface area contributed by atoms with Crippen molar-refractivity contribution in [1.82, 2.24) is 20.4 Å². The molecule has 1 aromatic heterocycles. The molecular formula is C24H34IN5O3. The van der Waals surface area contributed by atoms with E-state index < -0.39 is 0 Å². The molecule has 8 nitrogen and oxygen atoms in total. The number of carbonyl (C=O) groups is 1. The number of nitrogens with one attached hydrogen (secondary N) is 2. The number of halogens is 1. The van der Waals surface area contributed by atoms with Crippen LogP contribution < -0.4 is 10.6 Å². The Balaban J connectivity index is 0.00000306. The van der Waals surface area contributed by atoms with E-state index in [1.165, 1.54) is 11.8 Å². The molecule has 0 radical (unpaired) electrons. The van der Waals surface area contributed by atoms with Crippen LogP contribution in [-0.4, -0.2) is 80.2 Å². The van der Waals surface area contributed by atoms with Gasteiger partial charge in [-0.25, -0.2) is 0 Å². The van der Waals surface area contributed by atoms with Crippen molar-refractivity contribution in [3.05, 3.63) is 59.5 Å². The summed E-state index contributed by atoms with van der Waals surface area (Å²) in [6, 6.07) is 12.8. The molecule has 9 heteroatoms. The maximum atomic E-state index is 12.1. The smallest absolute Gasteiger partial charge is 0.287 e. The lowest BCUT2D eigenvalue weighted by molar-refractivity contribution is -0.0502. The van der Waals surface area contributed by atoms with Gasteiger partial charge in [0.25, 0.3) is 5.91 Å². The number of morpholine rings is 1. The highest BCUT2D eigenvalue weighted by Crippen LogP contribution is 2.24. The first-order valence-corrected chi connectivity index (χ1v) is 11.3. The van der Waals surface area contributed by atoms with Crippen LogP contribution in [0.5, 0.6) is 0 Å². The van der Waals surface area contributed by atoms with Gasteiger partial charge in [0.2, 0.25) is 0 Å². The van der Waals surface area contributed by atoms with Gasteiger partial charge in [-0.1, -0.05) is 30.3 Å². The van der Waals surface area contributed by atoms with Crippen LogP contribution in [0.4, 0.5) is 0 Å². The Kier molecular flexibility index (Phi) is 9.57. The quantitative estimate of drug-likeness (QED) is 0.232. The second-order valence-corrected chi connectivity index (χ2v) is 8.35. The highest BCUT2D eigenvalue weighted by molar-refractivity contribution is 14.0. The molecule has 3 heterocycles. The molecule has 1 amide bonds. The SMILES string of the molecule is CN=C(NCCCNC(=O)c1occc1C)N1CC2OCCN(Cc3ccccc3)C2C1.I. The molecule has 0 aliphatic carbocycles. The minimum atomic E-state index is -0.170. The van der Waals surface area contributed by atoms with Gasteiger partial charge >= 0.3 is 0 Å². The number of likely N-dealkylation sites (tertiary alicyclic amines) is 1. The van der Waals surface area contributed by atoms with Gasteiger partial charge in [0.15, 0.2) is 11.7 Å². The lowest BCUT2D eigenvalue weighted by atomic mass is 10.1. The molecule has 4 rings (SSSR count). The van der Waals surface area contributed by atoms with Crippen molar-refractivity contribution in [2.24, 2.45) is 4.99 Å². The molecular weight excluding hydrogens is 533 g/mol. The van der Waals surface area contributed by atoms with Crippen molar-refractivity contribution >= 4 is 35.8 Å². The van der Waals surface area contributed by atoms with Crippen LogP contribution in [0, 0.1) is 6.92 Å². The van der Waals surface area contributed by atoms with E-state index in [2.05, 4.69) is 55.8 Å². The van der Waals surface area contributed by atoms with Gasteiger partial charge in [0.05, 0.1) is 25.0 Å². The number of rotatable bonds is 7. The molecule has 0 spiro atoms. The number of hydrogen-bond acceptors (Lipinski definition) is 5. The fraction of sp³-hybridized carbons (Fsp3) is 0.500. The van der Waals surface area contributed by atoms with E-state index in [0.717, 1.165) is 57.3 Å². The fourth-order valence-electron chi connectivity index (χ4n) is 4.45. The van der Waals surface area contributed by atoms with Gasteiger partial charge in [-0.3, -0.25) is 14.7 Å². The van der Waals surface area contributed by atoms with Crippen LogP contribution in [0.2, 0.25) is 0 Å². The average molecular weight is 567 g/mol. The van der Waals surface area contributed by atoms with E-state index in [9.17, 15) is 4.79 Å². The zero-order chi connectivity index (χ0) is 22.3. The van der Waals surface area contributed by atoms with Crippen molar-refractivity contribution < 1.29 is 13.9 Å². The summed E-state index contributed by atoms with van der Waals surface area (Å²) in [7, 11) is 1.81. The lowest BCUT2D eigenvalue weighted by Gasteiger charge is -2.36. The van der Waals surface area contributed by atoms with Crippen molar-refractivity contribution in [3.8, 4) is 0 Å². The summed E-state index contributed by atoms with van der Waals surface area (Å²) in [6.07, 6.45) is 2.53. The summed E-state index contributed by atoms with van der Waals surface area (Å²) in [6.45, 7) is 7.55. The molecule has 33 heavy (non-hydrogen) atoms. The second kappa shape index (κ2) is 12.4. The van der Waals surface area contributed by atoms with Crippen LogP contribution in [0.15, 0.2) is 52.1 Å². The first-order chi connectivity index (χ1) is 15.7. The van der Waals surface area contributed by atoms with Gasteiger partial charge in [0.1, 0.15) is 0 Å². The fourth-order valence-corrected chi connectivity index (χ4v) is 4.45. The van der Waals surface area contributed by atoms with Crippen molar-refractivity contribution in [1.29, 1.82) is 0 Å². The normalized spacial score (nSPS) is 20.8. The Morgan fingerprint density at radius 2 is 1.94 bits per heavy atom. The molecule has 0 bridgehead atoms. The van der Waals surface area contributed by atoms with Crippen molar-refractivity contribution in [2.75, 3.05) is 46.4 Å². The third-order valence-electron chi connectivity index (χ3n) is 6.15. The standard InChI is InChI=1S/C24H33N5O3.HI/c1-18-9-13-32-22(18)23(30)26-10-6-11-27-24(25-2)29-16-20-21(17-29)31-14-12-28(20)15-19-7-4-3-5-8-19;/h3-5,7-9,13,20-21H,6,10-12,14-17H2,1-2H3,(H,25,27)(H,26,30);1H. The first kappa shape index (κ1) is 25.5. The van der Waals surface area contributed by atoms with Crippen LogP contribution >= 0.6 is 24.0 Å².